The fourth-order valence-corrected chi connectivity index (χ4v) is 2.89. The summed E-state index contributed by atoms with van der Waals surface area (Å²) in [6, 6.07) is 8.32. The van der Waals surface area contributed by atoms with Crippen molar-refractivity contribution in [2.24, 2.45) is 5.73 Å². The van der Waals surface area contributed by atoms with Gasteiger partial charge in [-0.3, -0.25) is 4.68 Å². The van der Waals surface area contributed by atoms with Gasteiger partial charge < -0.3 is 5.73 Å². The molecule has 0 spiro atoms. The van der Waals surface area contributed by atoms with E-state index in [1.807, 2.05) is 23.0 Å². The van der Waals surface area contributed by atoms with E-state index in [2.05, 4.69) is 46.3 Å². The third-order valence-electron chi connectivity index (χ3n) is 2.78. The standard InChI is InChI=1S/C14H18BrN3S/c1-2-7-18-9-11(8-17-18)14(16)10-19-13-5-3-12(15)4-6-13/h3-6,8-9,14H,2,7,10,16H2,1H3. The number of benzene rings is 1. The first-order chi connectivity index (χ1) is 9.19. The number of aromatic nitrogens is 2. The van der Waals surface area contributed by atoms with Crippen LogP contribution in [0.15, 0.2) is 46.0 Å². The molecule has 0 aliphatic rings. The summed E-state index contributed by atoms with van der Waals surface area (Å²) in [6.07, 6.45) is 5.02. The van der Waals surface area contributed by atoms with Gasteiger partial charge in [-0.1, -0.05) is 22.9 Å². The van der Waals surface area contributed by atoms with Gasteiger partial charge in [-0.15, -0.1) is 11.8 Å². The molecular weight excluding hydrogens is 322 g/mol. The Balaban J connectivity index is 1.89. The highest BCUT2D eigenvalue weighted by atomic mass is 79.9. The zero-order chi connectivity index (χ0) is 13.7. The van der Waals surface area contributed by atoms with Crippen molar-refractivity contribution in [3.05, 3.63) is 46.7 Å². The van der Waals surface area contributed by atoms with E-state index in [1.54, 1.807) is 11.8 Å². The van der Waals surface area contributed by atoms with Crippen LogP contribution >= 0.6 is 27.7 Å². The van der Waals surface area contributed by atoms with Gasteiger partial charge in [-0.05, 0) is 30.7 Å². The lowest BCUT2D eigenvalue weighted by Gasteiger charge is -2.09. The van der Waals surface area contributed by atoms with E-state index in [1.165, 1.54) is 4.90 Å². The minimum absolute atomic E-state index is 0.0271. The van der Waals surface area contributed by atoms with Crippen LogP contribution in [0.3, 0.4) is 0 Å². The summed E-state index contributed by atoms with van der Waals surface area (Å²) in [5, 5.41) is 4.31. The predicted molar refractivity (Wildman–Crippen MR) is 84.3 cm³/mol. The molecule has 0 bridgehead atoms. The Labute approximate surface area is 126 Å². The molecule has 2 rings (SSSR count). The minimum atomic E-state index is 0.0271. The van der Waals surface area contributed by atoms with E-state index >= 15 is 0 Å². The molecule has 1 aromatic heterocycles. The smallest absolute Gasteiger partial charge is 0.0537 e. The summed E-state index contributed by atoms with van der Waals surface area (Å²) in [5.41, 5.74) is 7.31. The number of nitrogens with zero attached hydrogens (tertiary/aromatic N) is 2. The van der Waals surface area contributed by atoms with Crippen LogP contribution in [0.1, 0.15) is 24.9 Å². The van der Waals surface area contributed by atoms with E-state index < -0.39 is 0 Å². The van der Waals surface area contributed by atoms with Crippen molar-refractivity contribution < 1.29 is 0 Å². The Bertz CT molecular complexity index is 510. The fraction of sp³-hybridized carbons (Fsp3) is 0.357. The first-order valence-corrected chi connectivity index (χ1v) is 8.13. The third kappa shape index (κ3) is 4.37. The number of nitrogens with two attached hydrogens (primary N) is 1. The molecular formula is C14H18BrN3S. The van der Waals surface area contributed by atoms with Crippen molar-refractivity contribution in [1.29, 1.82) is 0 Å². The fourth-order valence-electron chi connectivity index (χ4n) is 1.74. The molecule has 0 radical (unpaired) electrons. The number of halogens is 1. The molecule has 2 N–H and O–H groups in total. The molecule has 0 aliphatic heterocycles. The van der Waals surface area contributed by atoms with Gasteiger partial charge in [0.25, 0.3) is 0 Å². The Morgan fingerprint density at radius 1 is 1.37 bits per heavy atom. The first kappa shape index (κ1) is 14.6. The molecule has 3 nitrogen and oxygen atoms in total. The number of thioether (sulfide) groups is 1. The maximum absolute atomic E-state index is 6.20. The second-order valence-corrected chi connectivity index (χ2v) is 6.42. The molecule has 5 heteroatoms. The van der Waals surface area contributed by atoms with Gasteiger partial charge in [-0.25, -0.2) is 0 Å². The normalized spacial score (nSPS) is 12.6. The van der Waals surface area contributed by atoms with Crippen LogP contribution in [0, 0.1) is 0 Å². The van der Waals surface area contributed by atoms with Gasteiger partial charge in [0.2, 0.25) is 0 Å². The Hall–Kier alpha value is -0.780. The maximum atomic E-state index is 6.20. The van der Waals surface area contributed by atoms with Crippen molar-refractivity contribution in [2.45, 2.75) is 30.8 Å². The summed E-state index contributed by atoms with van der Waals surface area (Å²) in [6.45, 7) is 3.09. The Morgan fingerprint density at radius 3 is 2.79 bits per heavy atom. The zero-order valence-electron chi connectivity index (χ0n) is 10.9. The van der Waals surface area contributed by atoms with Crippen LogP contribution in [-0.4, -0.2) is 15.5 Å². The molecule has 0 saturated carbocycles. The summed E-state index contributed by atoms with van der Waals surface area (Å²) in [4.78, 5) is 1.24. The van der Waals surface area contributed by atoms with Gasteiger partial charge in [0, 0.05) is 39.5 Å². The zero-order valence-corrected chi connectivity index (χ0v) is 13.3. The molecule has 1 atom stereocenters. The molecule has 19 heavy (non-hydrogen) atoms. The van der Waals surface area contributed by atoms with E-state index in [9.17, 15) is 0 Å². The van der Waals surface area contributed by atoms with Crippen molar-refractivity contribution in [2.75, 3.05) is 5.75 Å². The lowest BCUT2D eigenvalue weighted by atomic mass is 10.2. The molecule has 102 valence electrons. The van der Waals surface area contributed by atoms with E-state index in [4.69, 9.17) is 5.73 Å². The number of rotatable bonds is 6. The largest absolute Gasteiger partial charge is 0.323 e. The van der Waals surface area contributed by atoms with Gasteiger partial charge in [-0.2, -0.15) is 5.10 Å². The Morgan fingerprint density at radius 2 is 2.11 bits per heavy atom. The number of hydrogen-bond acceptors (Lipinski definition) is 3. The lowest BCUT2D eigenvalue weighted by molar-refractivity contribution is 0.601. The lowest BCUT2D eigenvalue weighted by Crippen LogP contribution is -2.12. The molecule has 0 fully saturated rings. The molecule has 1 heterocycles. The highest BCUT2D eigenvalue weighted by Crippen LogP contribution is 2.24. The van der Waals surface area contributed by atoms with E-state index in [0.29, 0.717) is 0 Å². The van der Waals surface area contributed by atoms with Crippen LogP contribution in [0.2, 0.25) is 0 Å². The van der Waals surface area contributed by atoms with Crippen molar-refractivity contribution in [1.82, 2.24) is 9.78 Å². The van der Waals surface area contributed by atoms with Gasteiger partial charge in [0.1, 0.15) is 0 Å². The second kappa shape index (κ2) is 7.12. The highest BCUT2D eigenvalue weighted by molar-refractivity contribution is 9.10. The molecule has 0 aliphatic carbocycles. The van der Waals surface area contributed by atoms with Gasteiger partial charge >= 0.3 is 0 Å². The molecule has 1 unspecified atom stereocenters. The second-order valence-electron chi connectivity index (χ2n) is 4.41. The van der Waals surface area contributed by atoms with E-state index in [-0.39, 0.29) is 6.04 Å². The topological polar surface area (TPSA) is 43.8 Å². The van der Waals surface area contributed by atoms with Crippen LogP contribution in [0.4, 0.5) is 0 Å². The summed E-state index contributed by atoms with van der Waals surface area (Å²) < 4.78 is 3.06. The maximum Gasteiger partial charge on any atom is 0.0537 e. The molecule has 0 saturated heterocycles. The van der Waals surface area contributed by atoms with Gasteiger partial charge in [0.15, 0.2) is 0 Å². The van der Waals surface area contributed by atoms with Gasteiger partial charge in [0.05, 0.1) is 6.20 Å². The average molecular weight is 340 g/mol. The quantitative estimate of drug-likeness (QED) is 0.813. The van der Waals surface area contributed by atoms with Crippen molar-refractivity contribution >= 4 is 27.7 Å². The van der Waals surface area contributed by atoms with Crippen LogP contribution in [-0.2, 0) is 6.54 Å². The molecule has 1 aromatic carbocycles. The third-order valence-corrected chi connectivity index (χ3v) is 4.44. The van der Waals surface area contributed by atoms with Crippen molar-refractivity contribution in [3.8, 4) is 0 Å². The average Bonchev–Trinajstić information content (AvgIpc) is 2.87. The van der Waals surface area contributed by atoms with E-state index in [0.717, 1.165) is 28.8 Å². The van der Waals surface area contributed by atoms with Crippen LogP contribution < -0.4 is 5.73 Å². The Kier molecular flexibility index (Phi) is 5.48. The van der Waals surface area contributed by atoms with Crippen molar-refractivity contribution in [3.63, 3.8) is 0 Å². The number of aryl methyl sites for hydroxylation is 1. The summed E-state index contributed by atoms with van der Waals surface area (Å²) in [7, 11) is 0. The minimum Gasteiger partial charge on any atom is -0.323 e. The predicted octanol–water partition coefficient (Wildman–Crippen LogP) is 3.85. The monoisotopic (exact) mass is 339 g/mol. The summed E-state index contributed by atoms with van der Waals surface area (Å²) in [5.74, 6) is 0.861. The van der Waals surface area contributed by atoms with Crippen LogP contribution in [0.25, 0.3) is 0 Å². The summed E-state index contributed by atoms with van der Waals surface area (Å²) >= 11 is 5.21. The number of hydrogen-bond donors (Lipinski definition) is 1. The highest BCUT2D eigenvalue weighted by Gasteiger charge is 2.09. The first-order valence-electron chi connectivity index (χ1n) is 6.35. The molecule has 0 amide bonds. The SMILES string of the molecule is CCCn1cc(C(N)CSc2ccc(Br)cc2)cn1. The van der Waals surface area contributed by atoms with Crippen LogP contribution in [0.5, 0.6) is 0 Å². The molecule has 2 aromatic rings.